The molecule has 0 nitrogen and oxygen atoms in total. The fourth-order valence-corrected chi connectivity index (χ4v) is 1.40. The third-order valence-corrected chi connectivity index (χ3v) is 2.39. The first-order valence-corrected chi connectivity index (χ1v) is 5.30. The van der Waals surface area contributed by atoms with Crippen molar-refractivity contribution in [1.82, 2.24) is 0 Å². The summed E-state index contributed by atoms with van der Waals surface area (Å²) in [6.45, 7) is 5.71. The van der Waals surface area contributed by atoms with E-state index < -0.39 is 0 Å². The second kappa shape index (κ2) is 5.71. The summed E-state index contributed by atoms with van der Waals surface area (Å²) >= 11 is 4.38. The van der Waals surface area contributed by atoms with E-state index in [1.807, 2.05) is 6.08 Å². The Morgan fingerprint density at radius 1 is 1.36 bits per heavy atom. The maximum Gasteiger partial charge on any atom is 0.0238 e. The minimum absolute atomic E-state index is 0.313. The molecule has 0 aliphatic heterocycles. The molecule has 1 aromatic rings. The maximum atomic E-state index is 4.38. The predicted octanol–water partition coefficient (Wildman–Crippen LogP) is 3.96. The van der Waals surface area contributed by atoms with Crippen LogP contribution in [0.2, 0.25) is 0 Å². The number of rotatable bonds is 4. The summed E-state index contributed by atoms with van der Waals surface area (Å²) in [6.07, 6.45) is 6.83. The second-order valence-electron chi connectivity index (χ2n) is 3.29. The fraction of sp³-hybridized carbons (Fsp3) is 0.231. The number of allylic oxidation sites excluding steroid dienone is 3. The third kappa shape index (κ3) is 3.43. The molecule has 0 aliphatic rings. The molecule has 74 valence electrons. The molecule has 0 saturated carbocycles. The molecule has 1 rings (SSSR count). The average molecular weight is 204 g/mol. The lowest BCUT2D eigenvalue weighted by molar-refractivity contribution is 1.10. The monoisotopic (exact) mass is 204 g/mol. The van der Waals surface area contributed by atoms with Crippen molar-refractivity contribution in [3.8, 4) is 0 Å². The minimum atomic E-state index is 0.313. The molecule has 1 atom stereocenters. The Bertz CT molecular complexity index is 307. The largest absolute Gasteiger partial charge is 0.171 e. The van der Waals surface area contributed by atoms with Crippen LogP contribution in [-0.2, 0) is 6.42 Å². The highest BCUT2D eigenvalue weighted by atomic mass is 32.1. The molecule has 0 aliphatic carbocycles. The lowest BCUT2D eigenvalue weighted by atomic mass is 10.1. The van der Waals surface area contributed by atoms with Gasteiger partial charge in [-0.05, 0) is 24.5 Å². The summed E-state index contributed by atoms with van der Waals surface area (Å²) in [7, 11) is 0. The third-order valence-electron chi connectivity index (χ3n) is 2.09. The van der Waals surface area contributed by atoms with Crippen LogP contribution >= 0.6 is 12.6 Å². The highest BCUT2D eigenvalue weighted by Crippen LogP contribution is 2.18. The molecule has 0 N–H and O–H groups in total. The first kappa shape index (κ1) is 11.1. The van der Waals surface area contributed by atoms with Gasteiger partial charge in [0.25, 0.3) is 0 Å². The Hall–Kier alpha value is -0.950. The first-order chi connectivity index (χ1) is 6.74. The number of hydrogen-bond acceptors (Lipinski definition) is 1. The van der Waals surface area contributed by atoms with Crippen molar-refractivity contribution in [2.45, 2.75) is 18.6 Å². The van der Waals surface area contributed by atoms with Crippen molar-refractivity contribution in [1.29, 1.82) is 0 Å². The molecule has 0 saturated heterocycles. The van der Waals surface area contributed by atoms with Crippen LogP contribution < -0.4 is 0 Å². The smallest absolute Gasteiger partial charge is 0.0238 e. The molecule has 0 spiro atoms. The van der Waals surface area contributed by atoms with Crippen molar-refractivity contribution in [3.05, 3.63) is 60.2 Å². The van der Waals surface area contributed by atoms with Crippen LogP contribution in [0.3, 0.4) is 0 Å². The molecule has 1 unspecified atom stereocenters. The Kier molecular flexibility index (Phi) is 4.54. The van der Waals surface area contributed by atoms with Gasteiger partial charge in [0.2, 0.25) is 0 Å². The highest BCUT2D eigenvalue weighted by molar-refractivity contribution is 7.80. The molecule has 1 aromatic carbocycles. The van der Waals surface area contributed by atoms with Gasteiger partial charge in [0.05, 0.1) is 0 Å². The van der Waals surface area contributed by atoms with E-state index in [0.29, 0.717) is 5.25 Å². The zero-order valence-electron chi connectivity index (χ0n) is 8.48. The molecule has 14 heavy (non-hydrogen) atoms. The van der Waals surface area contributed by atoms with Gasteiger partial charge in [0.15, 0.2) is 0 Å². The predicted molar refractivity (Wildman–Crippen MR) is 66.9 cm³/mol. The maximum absolute atomic E-state index is 4.38. The minimum Gasteiger partial charge on any atom is -0.171 e. The second-order valence-corrected chi connectivity index (χ2v) is 4.06. The van der Waals surface area contributed by atoms with Gasteiger partial charge in [-0.2, -0.15) is 12.6 Å². The number of hydrogen-bond donors (Lipinski definition) is 1. The SMILES string of the molecule is C=C/C=C\Cc1ccc(C(C)S)cc1. The van der Waals surface area contributed by atoms with Gasteiger partial charge >= 0.3 is 0 Å². The van der Waals surface area contributed by atoms with Gasteiger partial charge in [0, 0.05) is 5.25 Å². The van der Waals surface area contributed by atoms with Gasteiger partial charge in [-0.1, -0.05) is 49.1 Å². The summed E-state index contributed by atoms with van der Waals surface area (Å²) in [5.41, 5.74) is 2.59. The van der Waals surface area contributed by atoms with Gasteiger partial charge < -0.3 is 0 Å². The highest BCUT2D eigenvalue weighted by Gasteiger charge is 1.97. The molecule has 0 aromatic heterocycles. The molecular formula is C13H16S. The van der Waals surface area contributed by atoms with Gasteiger partial charge in [0.1, 0.15) is 0 Å². The van der Waals surface area contributed by atoms with Gasteiger partial charge in [-0.3, -0.25) is 0 Å². The topological polar surface area (TPSA) is 0 Å². The summed E-state index contributed by atoms with van der Waals surface area (Å²) in [6, 6.07) is 8.56. The van der Waals surface area contributed by atoms with E-state index in [-0.39, 0.29) is 0 Å². The molecule has 1 heteroatoms. The lowest BCUT2D eigenvalue weighted by Crippen LogP contribution is -1.86. The van der Waals surface area contributed by atoms with E-state index in [1.54, 1.807) is 6.08 Å². The molecule has 0 fully saturated rings. The number of thiol groups is 1. The summed E-state index contributed by atoms with van der Waals surface area (Å²) in [5, 5.41) is 0.313. The Balaban J connectivity index is 2.64. The molecular weight excluding hydrogens is 188 g/mol. The van der Waals surface area contributed by atoms with Crippen LogP contribution in [0.5, 0.6) is 0 Å². The van der Waals surface area contributed by atoms with Gasteiger partial charge in [-0.25, -0.2) is 0 Å². The van der Waals surface area contributed by atoms with Crippen molar-refractivity contribution >= 4 is 12.6 Å². The normalized spacial score (nSPS) is 13.0. The van der Waals surface area contributed by atoms with Crippen LogP contribution in [-0.4, -0.2) is 0 Å². The summed E-state index contributed by atoms with van der Waals surface area (Å²) < 4.78 is 0. The fourth-order valence-electron chi connectivity index (χ4n) is 1.23. The zero-order chi connectivity index (χ0) is 10.4. The summed E-state index contributed by atoms with van der Waals surface area (Å²) in [5.74, 6) is 0. The Labute approximate surface area is 91.8 Å². The van der Waals surface area contributed by atoms with Crippen LogP contribution in [0.25, 0.3) is 0 Å². The quantitative estimate of drug-likeness (QED) is 0.557. The molecule has 0 heterocycles. The molecule has 0 radical (unpaired) electrons. The van der Waals surface area contributed by atoms with E-state index in [0.717, 1.165) is 6.42 Å². The summed E-state index contributed by atoms with van der Waals surface area (Å²) in [4.78, 5) is 0. The first-order valence-electron chi connectivity index (χ1n) is 4.78. The lowest BCUT2D eigenvalue weighted by Gasteiger charge is -2.04. The Morgan fingerprint density at radius 2 is 2.00 bits per heavy atom. The van der Waals surface area contributed by atoms with E-state index in [4.69, 9.17) is 0 Å². The standard InChI is InChI=1S/C13H16S/c1-3-4-5-6-12-7-9-13(10-8-12)11(2)14/h3-5,7-11,14H,1,6H2,2H3/b5-4-. The van der Waals surface area contributed by atoms with Crippen LogP contribution in [0, 0.1) is 0 Å². The average Bonchev–Trinajstić information content (AvgIpc) is 2.19. The van der Waals surface area contributed by atoms with E-state index in [2.05, 4.69) is 56.5 Å². The van der Waals surface area contributed by atoms with Crippen LogP contribution in [0.4, 0.5) is 0 Å². The van der Waals surface area contributed by atoms with Gasteiger partial charge in [-0.15, -0.1) is 0 Å². The Morgan fingerprint density at radius 3 is 2.50 bits per heavy atom. The van der Waals surface area contributed by atoms with E-state index in [9.17, 15) is 0 Å². The molecule has 0 amide bonds. The van der Waals surface area contributed by atoms with Crippen LogP contribution in [0.15, 0.2) is 49.1 Å². The zero-order valence-corrected chi connectivity index (χ0v) is 9.37. The number of benzene rings is 1. The van der Waals surface area contributed by atoms with Crippen molar-refractivity contribution in [2.24, 2.45) is 0 Å². The van der Waals surface area contributed by atoms with Crippen LogP contribution in [0.1, 0.15) is 23.3 Å². The van der Waals surface area contributed by atoms with Crippen molar-refractivity contribution in [3.63, 3.8) is 0 Å². The molecule has 0 bridgehead atoms. The van der Waals surface area contributed by atoms with E-state index in [1.165, 1.54) is 11.1 Å². The van der Waals surface area contributed by atoms with Crippen molar-refractivity contribution in [2.75, 3.05) is 0 Å². The van der Waals surface area contributed by atoms with Crippen molar-refractivity contribution < 1.29 is 0 Å². The van der Waals surface area contributed by atoms with E-state index >= 15 is 0 Å².